The van der Waals surface area contributed by atoms with E-state index in [1.165, 1.54) is 29.8 Å². The Labute approximate surface area is 197 Å². The lowest BCUT2D eigenvalue weighted by Crippen LogP contribution is -2.42. The maximum Gasteiger partial charge on any atom is 0.423 e. The van der Waals surface area contributed by atoms with Crippen molar-refractivity contribution in [3.63, 3.8) is 0 Å². The number of primary amides is 1. The van der Waals surface area contributed by atoms with Crippen LogP contribution in [0, 0.1) is 5.82 Å². The SMILES string of the molecule is CC[C@@](O)(c1cn(C(C)c2ccc3c(-c4ccc(F)cc4)cc(C(N)=O)nc3c2)nn1)C(F)(F)F. The normalized spacial score (nSPS) is 14.6. The van der Waals surface area contributed by atoms with Crippen molar-refractivity contribution in [3.05, 3.63) is 77.5 Å². The lowest BCUT2D eigenvalue weighted by molar-refractivity contribution is -0.269. The van der Waals surface area contributed by atoms with Gasteiger partial charge < -0.3 is 10.8 Å². The minimum Gasteiger partial charge on any atom is -0.375 e. The highest BCUT2D eigenvalue weighted by Crippen LogP contribution is 2.40. The number of nitrogens with two attached hydrogens (primary N) is 1. The number of nitrogens with zero attached hydrogens (tertiary/aromatic N) is 4. The van der Waals surface area contributed by atoms with Gasteiger partial charge in [-0.2, -0.15) is 13.2 Å². The third-order valence-electron chi connectivity index (χ3n) is 6.04. The molecule has 2 atom stereocenters. The molecule has 1 unspecified atom stereocenters. The van der Waals surface area contributed by atoms with Crippen molar-refractivity contribution in [2.24, 2.45) is 5.73 Å². The second kappa shape index (κ2) is 8.73. The number of hydrogen-bond donors (Lipinski definition) is 2. The van der Waals surface area contributed by atoms with Crippen molar-refractivity contribution < 1.29 is 27.5 Å². The van der Waals surface area contributed by atoms with E-state index in [9.17, 15) is 27.5 Å². The highest BCUT2D eigenvalue weighted by molar-refractivity contribution is 6.00. The van der Waals surface area contributed by atoms with Crippen LogP contribution < -0.4 is 5.73 Å². The van der Waals surface area contributed by atoms with E-state index < -0.39 is 41.7 Å². The minimum atomic E-state index is -4.92. The largest absolute Gasteiger partial charge is 0.423 e. The first-order chi connectivity index (χ1) is 16.4. The molecule has 0 aliphatic rings. The number of pyridine rings is 1. The maximum absolute atomic E-state index is 13.4. The van der Waals surface area contributed by atoms with E-state index in [0.717, 1.165) is 6.20 Å². The van der Waals surface area contributed by atoms with E-state index in [2.05, 4.69) is 15.3 Å². The topological polar surface area (TPSA) is 107 Å². The standard InChI is InChI=1S/C24H21F4N5O2/c1-3-23(35,24(26,27)28)21-12-33(32-31-21)13(2)15-6-9-17-18(14-4-7-16(25)8-5-14)11-20(22(29)34)30-19(17)10-15/h4-13,35H,3H2,1-2H3,(H2,29,34)/t13?,23-/m1/s1. The number of alkyl halides is 3. The summed E-state index contributed by atoms with van der Waals surface area (Å²) < 4.78 is 54.8. The van der Waals surface area contributed by atoms with Crippen LogP contribution in [0.5, 0.6) is 0 Å². The lowest BCUT2D eigenvalue weighted by atomic mass is 9.96. The summed E-state index contributed by atoms with van der Waals surface area (Å²) in [5.74, 6) is -1.16. The van der Waals surface area contributed by atoms with E-state index in [-0.39, 0.29) is 5.69 Å². The quantitative estimate of drug-likeness (QED) is 0.390. The number of fused-ring (bicyclic) bond motifs is 1. The Bertz CT molecular complexity index is 1400. The summed E-state index contributed by atoms with van der Waals surface area (Å²) >= 11 is 0. The molecule has 1 amide bonds. The second-order valence-corrected chi connectivity index (χ2v) is 8.17. The van der Waals surface area contributed by atoms with E-state index in [4.69, 9.17) is 5.73 Å². The van der Waals surface area contributed by atoms with Gasteiger partial charge in [-0.25, -0.2) is 14.1 Å². The summed E-state index contributed by atoms with van der Waals surface area (Å²) in [6.45, 7) is 2.90. The van der Waals surface area contributed by atoms with Gasteiger partial charge in [0, 0.05) is 5.39 Å². The first-order valence-corrected chi connectivity index (χ1v) is 10.7. The smallest absolute Gasteiger partial charge is 0.375 e. The van der Waals surface area contributed by atoms with Crippen molar-refractivity contribution in [2.45, 2.75) is 38.1 Å². The molecule has 2 aromatic heterocycles. The molecule has 0 saturated heterocycles. The molecule has 3 N–H and O–H groups in total. The van der Waals surface area contributed by atoms with Crippen LogP contribution in [0.15, 0.2) is 54.7 Å². The first kappa shape index (κ1) is 24.3. The third kappa shape index (κ3) is 4.34. The van der Waals surface area contributed by atoms with Gasteiger partial charge in [-0.1, -0.05) is 36.4 Å². The average molecular weight is 487 g/mol. The van der Waals surface area contributed by atoms with Gasteiger partial charge in [-0.05, 0) is 54.3 Å². The van der Waals surface area contributed by atoms with Crippen LogP contribution in [0.4, 0.5) is 17.6 Å². The number of halogens is 4. The molecule has 0 spiro atoms. The van der Waals surface area contributed by atoms with Crippen molar-refractivity contribution in [1.29, 1.82) is 0 Å². The molecule has 0 aliphatic heterocycles. The van der Waals surface area contributed by atoms with Gasteiger partial charge in [-0.15, -0.1) is 5.10 Å². The van der Waals surface area contributed by atoms with Crippen molar-refractivity contribution in [3.8, 4) is 11.1 Å². The van der Waals surface area contributed by atoms with E-state index in [0.29, 0.717) is 27.6 Å². The number of rotatable bonds is 6. The van der Waals surface area contributed by atoms with Gasteiger partial charge in [0.15, 0.2) is 0 Å². The van der Waals surface area contributed by atoms with Crippen LogP contribution in [0.2, 0.25) is 0 Å². The highest BCUT2D eigenvalue weighted by atomic mass is 19.4. The molecule has 0 fully saturated rings. The number of aromatic nitrogens is 4. The summed E-state index contributed by atoms with van der Waals surface area (Å²) in [5.41, 5.74) is 4.02. The molecule has 7 nitrogen and oxygen atoms in total. The van der Waals surface area contributed by atoms with E-state index >= 15 is 0 Å². The molecule has 2 aromatic carbocycles. The number of carbonyl (C=O) groups is 1. The van der Waals surface area contributed by atoms with Crippen LogP contribution in [0.25, 0.3) is 22.0 Å². The lowest BCUT2D eigenvalue weighted by Gasteiger charge is -2.26. The summed E-state index contributed by atoms with van der Waals surface area (Å²) in [4.78, 5) is 16.2. The van der Waals surface area contributed by atoms with E-state index in [1.807, 2.05) is 0 Å². The molecular weight excluding hydrogens is 466 g/mol. The van der Waals surface area contributed by atoms with Gasteiger partial charge in [-0.3, -0.25) is 4.79 Å². The molecule has 2 heterocycles. The van der Waals surface area contributed by atoms with Gasteiger partial charge in [0.25, 0.3) is 5.91 Å². The van der Waals surface area contributed by atoms with Crippen molar-refractivity contribution in [1.82, 2.24) is 20.0 Å². The molecule has 0 bridgehead atoms. The Morgan fingerprint density at radius 1 is 1.14 bits per heavy atom. The molecule has 11 heteroatoms. The molecule has 0 aliphatic carbocycles. The fourth-order valence-corrected chi connectivity index (χ4v) is 3.83. The third-order valence-corrected chi connectivity index (χ3v) is 6.04. The van der Waals surface area contributed by atoms with Gasteiger partial charge >= 0.3 is 6.18 Å². The number of amides is 1. The minimum absolute atomic E-state index is 0.00265. The van der Waals surface area contributed by atoms with Crippen LogP contribution in [-0.2, 0) is 5.60 Å². The molecular formula is C24H21F4N5O2. The molecule has 0 radical (unpaired) electrons. The number of aliphatic hydroxyl groups is 1. The van der Waals surface area contributed by atoms with Gasteiger partial charge in [0.2, 0.25) is 5.60 Å². The first-order valence-electron chi connectivity index (χ1n) is 10.7. The molecule has 4 rings (SSSR count). The number of benzene rings is 2. The predicted octanol–water partition coefficient (Wildman–Crippen LogP) is 4.50. The van der Waals surface area contributed by atoms with Gasteiger partial charge in [0.05, 0.1) is 17.8 Å². The maximum atomic E-state index is 13.4. The Morgan fingerprint density at radius 2 is 1.83 bits per heavy atom. The summed E-state index contributed by atoms with van der Waals surface area (Å²) in [7, 11) is 0. The summed E-state index contributed by atoms with van der Waals surface area (Å²) in [6, 6.07) is 11.8. The van der Waals surface area contributed by atoms with Gasteiger partial charge in [0.1, 0.15) is 17.2 Å². The van der Waals surface area contributed by atoms with Crippen LogP contribution in [0.3, 0.4) is 0 Å². The zero-order valence-corrected chi connectivity index (χ0v) is 18.7. The monoisotopic (exact) mass is 487 g/mol. The summed E-state index contributed by atoms with van der Waals surface area (Å²) in [5, 5.41) is 18.2. The number of hydrogen-bond acceptors (Lipinski definition) is 5. The number of carbonyl (C=O) groups excluding carboxylic acids is 1. The van der Waals surface area contributed by atoms with E-state index in [1.54, 1.807) is 37.3 Å². The Morgan fingerprint density at radius 3 is 2.43 bits per heavy atom. The zero-order chi connectivity index (χ0) is 25.5. The molecule has 0 saturated carbocycles. The average Bonchev–Trinajstić information content (AvgIpc) is 3.32. The van der Waals surface area contributed by atoms with Crippen LogP contribution in [-0.4, -0.2) is 37.2 Å². The molecule has 35 heavy (non-hydrogen) atoms. The summed E-state index contributed by atoms with van der Waals surface area (Å²) in [6.07, 6.45) is -4.48. The molecule has 4 aromatic rings. The zero-order valence-electron chi connectivity index (χ0n) is 18.7. The van der Waals surface area contributed by atoms with Crippen LogP contribution in [0.1, 0.15) is 48.1 Å². The van der Waals surface area contributed by atoms with Crippen LogP contribution >= 0.6 is 0 Å². The molecule has 182 valence electrons. The highest BCUT2D eigenvalue weighted by Gasteiger charge is 2.55. The fraction of sp³-hybridized carbons (Fsp3) is 0.250. The van der Waals surface area contributed by atoms with Crippen molar-refractivity contribution in [2.75, 3.05) is 0 Å². The Hall–Kier alpha value is -3.86. The second-order valence-electron chi connectivity index (χ2n) is 8.17. The predicted molar refractivity (Wildman–Crippen MR) is 120 cm³/mol. The fourth-order valence-electron chi connectivity index (χ4n) is 3.83. The van der Waals surface area contributed by atoms with Crippen molar-refractivity contribution >= 4 is 16.8 Å². The Kier molecular flexibility index (Phi) is 6.05. The Balaban J connectivity index is 1.78.